The normalized spacial score (nSPS) is 20.3. The number of hydrogen-bond donors (Lipinski definition) is 2. The smallest absolute Gasteiger partial charge is 0.275 e. The highest BCUT2D eigenvalue weighted by atomic mass is 32.2. The van der Waals surface area contributed by atoms with E-state index < -0.39 is 5.54 Å². The molecular weight excluding hydrogens is 324 g/mol. The van der Waals surface area contributed by atoms with E-state index in [1.807, 2.05) is 19.9 Å². The molecule has 7 nitrogen and oxygen atoms in total. The van der Waals surface area contributed by atoms with Crippen LogP contribution in [0.25, 0.3) is 0 Å². The summed E-state index contributed by atoms with van der Waals surface area (Å²) in [7, 11) is 0. The van der Waals surface area contributed by atoms with Crippen molar-refractivity contribution in [1.29, 1.82) is 0 Å². The lowest BCUT2D eigenvalue weighted by molar-refractivity contribution is 0.102. The largest absolute Gasteiger partial charge is 0.379 e. The number of carbonyl (C=O) groups excluding carboxylic acids is 1. The van der Waals surface area contributed by atoms with Crippen LogP contribution in [0, 0.1) is 6.92 Å². The number of nitrogens with two attached hydrogens (primary N) is 1. The van der Waals surface area contributed by atoms with Gasteiger partial charge in [0, 0.05) is 18.1 Å². The molecule has 0 aromatic carbocycles. The Morgan fingerprint density at radius 3 is 2.83 bits per heavy atom. The van der Waals surface area contributed by atoms with E-state index in [4.69, 9.17) is 5.73 Å². The molecule has 3 rings (SSSR count). The zero-order chi connectivity index (χ0) is 17.2. The standard InChI is InChI=1S/C16H18N6OS/c1-10-6-20-13(9-19-10)14(23)21-12-5-11(7-18-8-12)16(2)3-4-24-15(17)22-16/h5-9H,3-4H2,1-2H3,(H2,17,22)(H,21,23)/t16-/m0/s1. The third-order valence-corrected chi connectivity index (χ3v) is 4.62. The number of amides is 1. The first kappa shape index (κ1) is 16.4. The molecule has 1 aliphatic rings. The molecule has 8 heteroatoms. The van der Waals surface area contributed by atoms with Crippen LogP contribution in [0.1, 0.15) is 35.1 Å². The molecular formula is C16H18N6OS. The molecule has 0 aliphatic carbocycles. The summed E-state index contributed by atoms with van der Waals surface area (Å²) in [4.78, 5) is 29.2. The van der Waals surface area contributed by atoms with Crippen molar-refractivity contribution in [2.45, 2.75) is 25.8 Å². The molecule has 1 aliphatic heterocycles. The van der Waals surface area contributed by atoms with Crippen molar-refractivity contribution in [3.63, 3.8) is 0 Å². The van der Waals surface area contributed by atoms with Gasteiger partial charge in [0.15, 0.2) is 5.17 Å². The predicted octanol–water partition coefficient (Wildman–Crippen LogP) is 2.10. The van der Waals surface area contributed by atoms with Gasteiger partial charge in [-0.2, -0.15) is 0 Å². The first-order chi connectivity index (χ1) is 11.5. The van der Waals surface area contributed by atoms with Gasteiger partial charge in [-0.3, -0.25) is 19.8 Å². The molecule has 0 unspecified atom stereocenters. The second-order valence-electron chi connectivity index (χ2n) is 5.78. The first-order valence-corrected chi connectivity index (χ1v) is 8.48. The van der Waals surface area contributed by atoms with Crippen LogP contribution in [0.15, 0.2) is 35.8 Å². The molecule has 0 fully saturated rings. The fourth-order valence-corrected chi connectivity index (χ4v) is 3.38. The van der Waals surface area contributed by atoms with Crippen molar-refractivity contribution < 1.29 is 4.79 Å². The van der Waals surface area contributed by atoms with Crippen LogP contribution in [0.2, 0.25) is 0 Å². The third-order valence-electron chi connectivity index (χ3n) is 3.83. The minimum atomic E-state index is -0.424. The highest BCUT2D eigenvalue weighted by Crippen LogP contribution is 2.35. The van der Waals surface area contributed by atoms with Crippen molar-refractivity contribution >= 4 is 28.5 Å². The summed E-state index contributed by atoms with van der Waals surface area (Å²) in [5, 5.41) is 3.37. The van der Waals surface area contributed by atoms with E-state index in [0.717, 1.165) is 23.4 Å². The lowest BCUT2D eigenvalue weighted by Crippen LogP contribution is -2.29. The second kappa shape index (κ2) is 6.56. The maximum absolute atomic E-state index is 12.3. The number of amidine groups is 1. The zero-order valence-electron chi connectivity index (χ0n) is 13.5. The van der Waals surface area contributed by atoms with E-state index >= 15 is 0 Å². The average Bonchev–Trinajstić information content (AvgIpc) is 2.55. The monoisotopic (exact) mass is 342 g/mol. The molecule has 0 bridgehead atoms. The third kappa shape index (κ3) is 3.53. The predicted molar refractivity (Wildman–Crippen MR) is 95.0 cm³/mol. The fourth-order valence-electron chi connectivity index (χ4n) is 2.40. The molecule has 3 heterocycles. The number of aromatic nitrogens is 3. The Labute approximate surface area is 144 Å². The van der Waals surface area contributed by atoms with Crippen LogP contribution < -0.4 is 11.1 Å². The Hall–Kier alpha value is -2.48. The van der Waals surface area contributed by atoms with Gasteiger partial charge in [0.05, 0.1) is 29.3 Å². The van der Waals surface area contributed by atoms with Gasteiger partial charge in [0.25, 0.3) is 5.91 Å². The van der Waals surface area contributed by atoms with Gasteiger partial charge in [-0.1, -0.05) is 11.8 Å². The molecule has 1 atom stereocenters. The van der Waals surface area contributed by atoms with Crippen LogP contribution in [0.3, 0.4) is 0 Å². The molecule has 124 valence electrons. The number of thioether (sulfide) groups is 1. The maximum Gasteiger partial charge on any atom is 0.275 e. The lowest BCUT2D eigenvalue weighted by Gasteiger charge is -2.29. The molecule has 1 amide bonds. The number of pyridine rings is 1. The van der Waals surface area contributed by atoms with Gasteiger partial charge in [0.2, 0.25) is 0 Å². The van der Waals surface area contributed by atoms with Crippen LogP contribution in [-0.2, 0) is 5.54 Å². The lowest BCUT2D eigenvalue weighted by atomic mass is 9.91. The zero-order valence-corrected chi connectivity index (χ0v) is 14.3. The van der Waals surface area contributed by atoms with E-state index in [1.54, 1.807) is 30.4 Å². The highest BCUT2D eigenvalue weighted by Gasteiger charge is 2.30. The number of aryl methyl sites for hydroxylation is 1. The molecule has 2 aromatic rings. The number of nitrogens with zero attached hydrogens (tertiary/aromatic N) is 4. The van der Waals surface area contributed by atoms with Crippen molar-refractivity contribution in [3.05, 3.63) is 47.8 Å². The number of rotatable bonds is 3. The fraction of sp³-hybridized carbons (Fsp3) is 0.312. The van der Waals surface area contributed by atoms with Crippen molar-refractivity contribution in [2.24, 2.45) is 10.7 Å². The molecule has 0 saturated carbocycles. The summed E-state index contributed by atoms with van der Waals surface area (Å²) in [5.41, 5.74) is 7.96. The summed E-state index contributed by atoms with van der Waals surface area (Å²) in [5.74, 6) is 0.579. The topological polar surface area (TPSA) is 106 Å². The van der Waals surface area contributed by atoms with E-state index in [9.17, 15) is 4.79 Å². The van der Waals surface area contributed by atoms with Gasteiger partial charge in [-0.25, -0.2) is 4.98 Å². The summed E-state index contributed by atoms with van der Waals surface area (Å²) >= 11 is 1.55. The number of hydrogen-bond acceptors (Lipinski definition) is 7. The average molecular weight is 342 g/mol. The Morgan fingerprint density at radius 1 is 1.29 bits per heavy atom. The van der Waals surface area contributed by atoms with Gasteiger partial charge >= 0.3 is 0 Å². The Kier molecular flexibility index (Phi) is 4.48. The summed E-state index contributed by atoms with van der Waals surface area (Å²) < 4.78 is 0. The summed E-state index contributed by atoms with van der Waals surface area (Å²) in [6.45, 7) is 3.84. The van der Waals surface area contributed by atoms with Crippen molar-refractivity contribution in [2.75, 3.05) is 11.1 Å². The molecule has 24 heavy (non-hydrogen) atoms. The molecule has 0 spiro atoms. The van der Waals surface area contributed by atoms with Crippen LogP contribution in [-0.4, -0.2) is 31.8 Å². The number of anilines is 1. The van der Waals surface area contributed by atoms with Crippen molar-refractivity contribution in [3.8, 4) is 0 Å². The van der Waals surface area contributed by atoms with E-state index in [0.29, 0.717) is 10.9 Å². The second-order valence-corrected chi connectivity index (χ2v) is 6.90. The number of aliphatic imine (C=N–C) groups is 1. The van der Waals surface area contributed by atoms with Gasteiger partial charge in [0.1, 0.15) is 5.69 Å². The molecule has 2 aromatic heterocycles. The van der Waals surface area contributed by atoms with Crippen LogP contribution in [0.4, 0.5) is 5.69 Å². The maximum atomic E-state index is 12.3. The first-order valence-electron chi connectivity index (χ1n) is 7.50. The highest BCUT2D eigenvalue weighted by molar-refractivity contribution is 8.13. The SMILES string of the molecule is Cc1cnc(C(=O)Nc2cncc([C@]3(C)CCSC(N)=N3)c2)cn1. The molecule has 3 N–H and O–H groups in total. The van der Waals surface area contributed by atoms with Crippen LogP contribution >= 0.6 is 11.8 Å². The molecule has 0 saturated heterocycles. The van der Waals surface area contributed by atoms with Gasteiger partial charge < -0.3 is 11.1 Å². The minimum absolute atomic E-state index is 0.258. The number of carbonyl (C=O) groups is 1. The van der Waals surface area contributed by atoms with E-state index in [2.05, 4.69) is 25.3 Å². The minimum Gasteiger partial charge on any atom is -0.379 e. The summed E-state index contributed by atoms with van der Waals surface area (Å²) in [6, 6.07) is 1.87. The van der Waals surface area contributed by atoms with Gasteiger partial charge in [-0.05, 0) is 31.9 Å². The molecule has 0 radical (unpaired) electrons. The Balaban J connectivity index is 1.82. The Bertz CT molecular complexity index is 791. The quantitative estimate of drug-likeness (QED) is 0.885. The van der Waals surface area contributed by atoms with Crippen molar-refractivity contribution in [1.82, 2.24) is 15.0 Å². The summed E-state index contributed by atoms with van der Waals surface area (Å²) in [6.07, 6.45) is 7.22. The van der Waals surface area contributed by atoms with Gasteiger partial charge in [-0.15, -0.1) is 0 Å². The number of nitrogens with one attached hydrogen (secondary N) is 1. The Morgan fingerprint density at radius 2 is 2.12 bits per heavy atom. The van der Waals surface area contributed by atoms with E-state index in [1.165, 1.54) is 6.20 Å². The van der Waals surface area contributed by atoms with E-state index in [-0.39, 0.29) is 11.6 Å². The van der Waals surface area contributed by atoms with Crippen LogP contribution in [0.5, 0.6) is 0 Å².